The fourth-order valence-electron chi connectivity index (χ4n) is 2.66. The largest absolute Gasteiger partial charge is 0.353 e. The van der Waals surface area contributed by atoms with Crippen molar-refractivity contribution in [1.82, 2.24) is 10.1 Å². The average Bonchev–Trinajstić information content (AvgIpc) is 2.88. The Bertz CT molecular complexity index is 414. The molecule has 1 aliphatic rings. The zero-order valence-corrected chi connectivity index (χ0v) is 13.2. The molecule has 0 aliphatic carbocycles. The van der Waals surface area contributed by atoms with Crippen LogP contribution < -0.4 is 0 Å². The normalized spacial score (nSPS) is 17.5. The Labute approximate surface area is 127 Å². The van der Waals surface area contributed by atoms with Gasteiger partial charge in [0.1, 0.15) is 0 Å². The van der Waals surface area contributed by atoms with Gasteiger partial charge in [-0.15, -0.1) is 12.4 Å². The Balaban J connectivity index is 0.00000200. The molecule has 4 nitrogen and oxygen atoms in total. The average molecular weight is 301 g/mol. The number of aryl methyl sites for hydroxylation is 1. The Hall–Kier alpha value is -0.870. The minimum absolute atomic E-state index is 0. The van der Waals surface area contributed by atoms with Crippen molar-refractivity contribution in [2.45, 2.75) is 46.0 Å². The first-order valence-corrected chi connectivity index (χ1v) is 7.43. The Morgan fingerprint density at radius 1 is 1.40 bits per heavy atom. The molecule has 0 spiro atoms. The number of piperidine rings is 1. The van der Waals surface area contributed by atoms with Crippen molar-refractivity contribution in [2.24, 2.45) is 5.92 Å². The Morgan fingerprint density at radius 3 is 2.75 bits per heavy atom. The molecule has 2 heterocycles. The zero-order chi connectivity index (χ0) is 13.7. The molecule has 20 heavy (non-hydrogen) atoms. The maximum absolute atomic E-state index is 12.3. The summed E-state index contributed by atoms with van der Waals surface area (Å²) in [4.78, 5) is 14.7. The van der Waals surface area contributed by atoms with Gasteiger partial charge in [0, 0.05) is 18.5 Å². The summed E-state index contributed by atoms with van der Waals surface area (Å²) in [5.74, 6) is 0.494. The lowest BCUT2D eigenvalue weighted by Gasteiger charge is -2.28. The molecule has 0 aromatic carbocycles. The lowest BCUT2D eigenvalue weighted by Crippen LogP contribution is -2.35. The highest BCUT2D eigenvalue weighted by Gasteiger charge is 2.23. The van der Waals surface area contributed by atoms with Gasteiger partial charge in [0.05, 0.1) is 5.69 Å². The van der Waals surface area contributed by atoms with E-state index in [0.29, 0.717) is 5.76 Å². The van der Waals surface area contributed by atoms with E-state index >= 15 is 0 Å². The molecule has 0 bridgehead atoms. The van der Waals surface area contributed by atoms with Crippen LogP contribution in [0.3, 0.4) is 0 Å². The molecule has 0 amide bonds. The van der Waals surface area contributed by atoms with Crippen LogP contribution in [0, 0.1) is 5.92 Å². The number of aromatic nitrogens is 1. The lowest BCUT2D eigenvalue weighted by atomic mass is 10.0. The van der Waals surface area contributed by atoms with Crippen LogP contribution in [0.2, 0.25) is 0 Å². The van der Waals surface area contributed by atoms with E-state index in [0.717, 1.165) is 38.2 Å². The van der Waals surface area contributed by atoms with E-state index in [4.69, 9.17) is 4.52 Å². The van der Waals surface area contributed by atoms with Crippen LogP contribution in [0.4, 0.5) is 0 Å². The fraction of sp³-hybridized carbons (Fsp3) is 0.733. The molecule has 1 fully saturated rings. The Morgan fingerprint density at radius 2 is 2.10 bits per heavy atom. The van der Waals surface area contributed by atoms with E-state index in [1.807, 2.05) is 6.92 Å². The van der Waals surface area contributed by atoms with Gasteiger partial charge in [-0.1, -0.05) is 31.8 Å². The van der Waals surface area contributed by atoms with Crippen molar-refractivity contribution < 1.29 is 9.32 Å². The van der Waals surface area contributed by atoms with Crippen molar-refractivity contribution in [3.8, 4) is 0 Å². The zero-order valence-electron chi connectivity index (χ0n) is 12.4. The second-order valence-electron chi connectivity index (χ2n) is 5.56. The summed E-state index contributed by atoms with van der Waals surface area (Å²) < 4.78 is 5.17. The predicted molar refractivity (Wildman–Crippen MR) is 81.5 cm³/mol. The minimum atomic E-state index is -0.0134. The van der Waals surface area contributed by atoms with Gasteiger partial charge in [-0.2, -0.15) is 0 Å². The molecule has 2 rings (SSSR count). The standard InChI is InChI=1S/C15H24N2O2.ClH/c1-3-7-13-10-14(19-16-13)15(18)12(2)11-17-8-5-4-6-9-17;/h10,12H,3-9,11H2,1-2H3;1H. The van der Waals surface area contributed by atoms with Gasteiger partial charge in [-0.3, -0.25) is 4.79 Å². The fourth-order valence-corrected chi connectivity index (χ4v) is 2.66. The molecular formula is C15H25ClN2O2. The van der Waals surface area contributed by atoms with Crippen LogP contribution >= 0.6 is 12.4 Å². The smallest absolute Gasteiger partial charge is 0.204 e. The number of nitrogens with zero attached hydrogens (tertiary/aromatic N) is 2. The molecule has 114 valence electrons. The number of carbonyl (C=O) groups excluding carboxylic acids is 1. The predicted octanol–water partition coefficient (Wildman–Crippen LogP) is 3.35. The minimum Gasteiger partial charge on any atom is -0.353 e. The van der Waals surface area contributed by atoms with E-state index < -0.39 is 0 Å². The van der Waals surface area contributed by atoms with Crippen LogP contribution in [0.5, 0.6) is 0 Å². The van der Waals surface area contributed by atoms with Crippen LogP contribution in [-0.4, -0.2) is 35.5 Å². The van der Waals surface area contributed by atoms with Crippen molar-refractivity contribution >= 4 is 18.2 Å². The van der Waals surface area contributed by atoms with Crippen LogP contribution in [0.25, 0.3) is 0 Å². The third-order valence-corrected chi connectivity index (χ3v) is 3.74. The van der Waals surface area contributed by atoms with E-state index in [1.165, 1.54) is 19.3 Å². The SMILES string of the molecule is CCCc1cc(C(=O)C(C)CN2CCCCC2)on1.Cl. The molecule has 1 aliphatic heterocycles. The molecule has 1 aromatic heterocycles. The molecule has 1 aromatic rings. The molecule has 1 saturated heterocycles. The first-order chi connectivity index (χ1) is 9.20. The summed E-state index contributed by atoms with van der Waals surface area (Å²) in [7, 11) is 0. The van der Waals surface area contributed by atoms with Gasteiger partial charge in [0.2, 0.25) is 11.5 Å². The topological polar surface area (TPSA) is 46.3 Å². The summed E-state index contributed by atoms with van der Waals surface area (Å²) >= 11 is 0. The van der Waals surface area contributed by atoms with Gasteiger partial charge < -0.3 is 9.42 Å². The van der Waals surface area contributed by atoms with Crippen molar-refractivity contribution in [1.29, 1.82) is 0 Å². The summed E-state index contributed by atoms with van der Waals surface area (Å²) in [5.41, 5.74) is 0.885. The van der Waals surface area contributed by atoms with E-state index in [9.17, 15) is 4.79 Å². The first-order valence-electron chi connectivity index (χ1n) is 7.43. The molecule has 5 heteroatoms. The number of rotatable bonds is 6. The van der Waals surface area contributed by atoms with Crippen molar-refractivity contribution in [3.63, 3.8) is 0 Å². The molecule has 0 saturated carbocycles. The maximum atomic E-state index is 12.3. The van der Waals surface area contributed by atoms with Gasteiger partial charge in [-0.25, -0.2) is 0 Å². The van der Waals surface area contributed by atoms with Gasteiger partial charge in [-0.05, 0) is 32.4 Å². The number of hydrogen-bond acceptors (Lipinski definition) is 4. The highest BCUT2D eigenvalue weighted by molar-refractivity contribution is 5.95. The summed E-state index contributed by atoms with van der Waals surface area (Å²) in [6.07, 6.45) is 5.72. The van der Waals surface area contributed by atoms with Crippen LogP contribution in [-0.2, 0) is 6.42 Å². The highest BCUT2D eigenvalue weighted by atomic mass is 35.5. The van der Waals surface area contributed by atoms with E-state index in [1.54, 1.807) is 6.07 Å². The molecule has 0 radical (unpaired) electrons. The van der Waals surface area contributed by atoms with E-state index in [2.05, 4.69) is 17.0 Å². The van der Waals surface area contributed by atoms with Crippen molar-refractivity contribution in [3.05, 3.63) is 17.5 Å². The third kappa shape index (κ3) is 4.60. The monoisotopic (exact) mass is 300 g/mol. The molecule has 1 unspecified atom stereocenters. The Kier molecular flexibility index (Phi) is 7.24. The summed E-state index contributed by atoms with van der Waals surface area (Å²) in [6.45, 7) is 7.15. The lowest BCUT2D eigenvalue weighted by molar-refractivity contribution is 0.0846. The van der Waals surface area contributed by atoms with Gasteiger partial charge >= 0.3 is 0 Å². The summed E-state index contributed by atoms with van der Waals surface area (Å²) in [5, 5.41) is 3.95. The number of hydrogen-bond donors (Lipinski definition) is 0. The second-order valence-corrected chi connectivity index (χ2v) is 5.56. The van der Waals surface area contributed by atoms with E-state index in [-0.39, 0.29) is 24.1 Å². The number of Topliss-reactive ketones (excluding diaryl/α,β-unsaturated/α-hetero) is 1. The number of likely N-dealkylation sites (tertiary alicyclic amines) is 1. The summed E-state index contributed by atoms with van der Waals surface area (Å²) in [6, 6.07) is 1.80. The molecule has 0 N–H and O–H groups in total. The van der Waals surface area contributed by atoms with Crippen LogP contribution in [0.15, 0.2) is 10.6 Å². The third-order valence-electron chi connectivity index (χ3n) is 3.74. The number of ketones is 1. The van der Waals surface area contributed by atoms with Gasteiger partial charge in [0.15, 0.2) is 0 Å². The maximum Gasteiger partial charge on any atom is 0.204 e. The van der Waals surface area contributed by atoms with Crippen LogP contribution in [0.1, 0.15) is 55.8 Å². The quantitative estimate of drug-likeness (QED) is 0.756. The highest BCUT2D eigenvalue weighted by Crippen LogP contribution is 2.15. The van der Waals surface area contributed by atoms with Crippen molar-refractivity contribution in [2.75, 3.05) is 19.6 Å². The number of carbonyl (C=O) groups is 1. The van der Waals surface area contributed by atoms with Gasteiger partial charge in [0.25, 0.3) is 0 Å². The molecular weight excluding hydrogens is 276 g/mol. The number of halogens is 1. The molecule has 1 atom stereocenters. The first kappa shape index (κ1) is 17.2. The second kappa shape index (κ2) is 8.42.